The van der Waals surface area contributed by atoms with Crippen molar-refractivity contribution in [3.8, 4) is 0 Å². The summed E-state index contributed by atoms with van der Waals surface area (Å²) in [5.41, 5.74) is 8.35. The molecule has 1 unspecified atom stereocenters. The van der Waals surface area contributed by atoms with Gasteiger partial charge in [-0.05, 0) is 31.9 Å². The molecular formula is C16H23N3. The van der Waals surface area contributed by atoms with Crippen LogP contribution >= 0.6 is 0 Å². The first-order valence-corrected chi connectivity index (χ1v) is 7.47. The molecule has 1 aliphatic rings. The van der Waals surface area contributed by atoms with Crippen molar-refractivity contribution in [3.63, 3.8) is 0 Å². The van der Waals surface area contributed by atoms with Gasteiger partial charge in [-0.3, -0.25) is 0 Å². The Morgan fingerprint density at radius 1 is 1.32 bits per heavy atom. The molecule has 1 saturated carbocycles. The largest absolute Gasteiger partial charge is 0.328 e. The van der Waals surface area contributed by atoms with E-state index in [1.165, 1.54) is 43.4 Å². The van der Waals surface area contributed by atoms with Gasteiger partial charge in [0.15, 0.2) is 0 Å². The molecule has 2 aromatic heterocycles. The molecule has 0 aromatic carbocycles. The van der Waals surface area contributed by atoms with E-state index in [0.717, 1.165) is 12.1 Å². The fraction of sp³-hybridized carbons (Fsp3) is 0.562. The number of nitrogens with two attached hydrogens (primary N) is 1. The molecule has 1 atom stereocenters. The Bertz CT molecular complexity index is 550. The first-order chi connectivity index (χ1) is 9.25. The lowest BCUT2D eigenvalue weighted by atomic mass is 9.89. The zero-order valence-electron chi connectivity index (χ0n) is 11.7. The van der Waals surface area contributed by atoms with Gasteiger partial charge in [-0.25, -0.2) is 4.98 Å². The van der Waals surface area contributed by atoms with Crippen LogP contribution < -0.4 is 5.73 Å². The summed E-state index contributed by atoms with van der Waals surface area (Å²) < 4.78 is 2.29. The van der Waals surface area contributed by atoms with Gasteiger partial charge >= 0.3 is 0 Å². The Hall–Kier alpha value is -1.35. The maximum Gasteiger partial charge on any atom is 0.116 e. The third kappa shape index (κ3) is 2.52. The number of pyridine rings is 1. The number of imidazole rings is 1. The lowest BCUT2D eigenvalue weighted by Gasteiger charge is -2.20. The average Bonchev–Trinajstić information content (AvgIpc) is 2.78. The van der Waals surface area contributed by atoms with E-state index in [9.17, 15) is 0 Å². The second-order valence-corrected chi connectivity index (χ2v) is 5.89. The van der Waals surface area contributed by atoms with E-state index < -0.39 is 0 Å². The van der Waals surface area contributed by atoms with Gasteiger partial charge in [-0.1, -0.05) is 25.3 Å². The molecule has 3 rings (SSSR count). The second-order valence-electron chi connectivity index (χ2n) is 5.89. The van der Waals surface area contributed by atoms with E-state index in [2.05, 4.69) is 35.7 Å². The van der Waals surface area contributed by atoms with Gasteiger partial charge in [-0.15, -0.1) is 0 Å². The molecule has 0 spiro atoms. The summed E-state index contributed by atoms with van der Waals surface area (Å²) in [4.78, 5) is 4.94. The fourth-order valence-corrected chi connectivity index (χ4v) is 3.23. The van der Waals surface area contributed by atoms with Gasteiger partial charge in [0.05, 0.1) is 11.2 Å². The third-order valence-electron chi connectivity index (χ3n) is 4.14. The van der Waals surface area contributed by atoms with Crippen molar-refractivity contribution >= 4 is 5.52 Å². The summed E-state index contributed by atoms with van der Waals surface area (Å²) >= 11 is 0. The highest BCUT2D eigenvalue weighted by atomic mass is 15.0. The molecule has 0 bridgehead atoms. The number of rotatable bonds is 3. The number of nitrogens with zero attached hydrogens (tertiary/aromatic N) is 2. The number of aromatic nitrogens is 2. The molecule has 19 heavy (non-hydrogen) atoms. The number of fused-ring (bicyclic) bond motifs is 1. The second kappa shape index (κ2) is 5.33. The molecule has 1 aliphatic carbocycles. The van der Waals surface area contributed by atoms with E-state index in [-0.39, 0.29) is 6.04 Å². The average molecular weight is 257 g/mol. The topological polar surface area (TPSA) is 43.3 Å². The van der Waals surface area contributed by atoms with Crippen molar-refractivity contribution in [1.82, 2.24) is 9.38 Å². The van der Waals surface area contributed by atoms with Crippen molar-refractivity contribution in [2.24, 2.45) is 5.73 Å². The van der Waals surface area contributed by atoms with Crippen LogP contribution in [0.3, 0.4) is 0 Å². The fourth-order valence-electron chi connectivity index (χ4n) is 3.23. The lowest BCUT2D eigenvalue weighted by Crippen LogP contribution is -2.18. The Morgan fingerprint density at radius 2 is 2.11 bits per heavy atom. The minimum Gasteiger partial charge on any atom is -0.328 e. The van der Waals surface area contributed by atoms with Crippen LogP contribution in [-0.2, 0) is 6.42 Å². The SMILES string of the molecule is CC(N)Cc1nc(C2CCCCC2)n2ccccc12. The van der Waals surface area contributed by atoms with Crippen LogP contribution in [-0.4, -0.2) is 15.4 Å². The summed E-state index contributed by atoms with van der Waals surface area (Å²) in [7, 11) is 0. The first kappa shape index (κ1) is 12.7. The molecule has 1 fully saturated rings. The van der Waals surface area contributed by atoms with Crippen LogP contribution in [0.1, 0.15) is 56.5 Å². The maximum atomic E-state index is 5.95. The summed E-state index contributed by atoms with van der Waals surface area (Å²) in [5, 5.41) is 0. The highest BCUT2D eigenvalue weighted by molar-refractivity contribution is 5.53. The standard InChI is InChI=1S/C16H23N3/c1-12(17)11-14-15-9-5-6-10-19(15)16(18-14)13-7-3-2-4-8-13/h5-6,9-10,12-13H,2-4,7-8,11,17H2,1H3. The summed E-state index contributed by atoms with van der Waals surface area (Å²) in [5.74, 6) is 1.89. The third-order valence-corrected chi connectivity index (χ3v) is 4.14. The molecule has 0 radical (unpaired) electrons. The lowest BCUT2D eigenvalue weighted by molar-refractivity contribution is 0.427. The van der Waals surface area contributed by atoms with E-state index in [1.807, 2.05) is 0 Å². The Labute approximate surface area is 114 Å². The molecule has 2 heterocycles. The zero-order chi connectivity index (χ0) is 13.2. The predicted molar refractivity (Wildman–Crippen MR) is 78.4 cm³/mol. The van der Waals surface area contributed by atoms with Crippen LogP contribution in [0.2, 0.25) is 0 Å². The Kier molecular flexibility index (Phi) is 3.56. The normalized spacial score (nSPS) is 18.8. The molecule has 0 aliphatic heterocycles. The predicted octanol–water partition coefficient (Wildman–Crippen LogP) is 3.27. The maximum absolute atomic E-state index is 5.95. The van der Waals surface area contributed by atoms with Crippen molar-refractivity contribution in [3.05, 3.63) is 35.9 Å². The van der Waals surface area contributed by atoms with E-state index in [4.69, 9.17) is 10.7 Å². The summed E-state index contributed by atoms with van der Waals surface area (Å²) in [6.07, 6.45) is 9.64. The first-order valence-electron chi connectivity index (χ1n) is 7.47. The minimum absolute atomic E-state index is 0.165. The zero-order valence-corrected chi connectivity index (χ0v) is 11.7. The van der Waals surface area contributed by atoms with Crippen LogP contribution in [0.5, 0.6) is 0 Å². The van der Waals surface area contributed by atoms with E-state index in [1.54, 1.807) is 0 Å². The van der Waals surface area contributed by atoms with E-state index >= 15 is 0 Å². The summed E-state index contributed by atoms with van der Waals surface area (Å²) in [6, 6.07) is 6.51. The van der Waals surface area contributed by atoms with Gasteiger partial charge < -0.3 is 10.1 Å². The quantitative estimate of drug-likeness (QED) is 0.917. The van der Waals surface area contributed by atoms with E-state index in [0.29, 0.717) is 5.92 Å². The number of hydrogen-bond donors (Lipinski definition) is 1. The number of hydrogen-bond acceptors (Lipinski definition) is 2. The van der Waals surface area contributed by atoms with Crippen molar-refractivity contribution in [2.45, 2.75) is 57.4 Å². The molecule has 2 aromatic rings. The van der Waals surface area contributed by atoms with Crippen molar-refractivity contribution in [2.75, 3.05) is 0 Å². The Morgan fingerprint density at radius 3 is 2.84 bits per heavy atom. The van der Waals surface area contributed by atoms with Crippen LogP contribution in [0.4, 0.5) is 0 Å². The highest BCUT2D eigenvalue weighted by Crippen LogP contribution is 2.33. The van der Waals surface area contributed by atoms with Gasteiger partial charge in [0.25, 0.3) is 0 Å². The molecule has 102 valence electrons. The van der Waals surface area contributed by atoms with Gasteiger partial charge in [0.1, 0.15) is 5.82 Å². The van der Waals surface area contributed by atoms with Crippen molar-refractivity contribution < 1.29 is 0 Å². The highest BCUT2D eigenvalue weighted by Gasteiger charge is 2.22. The van der Waals surface area contributed by atoms with Crippen molar-refractivity contribution in [1.29, 1.82) is 0 Å². The van der Waals surface area contributed by atoms with Gasteiger partial charge in [0, 0.05) is 24.6 Å². The minimum atomic E-state index is 0.165. The smallest absolute Gasteiger partial charge is 0.116 e. The van der Waals surface area contributed by atoms with Gasteiger partial charge in [-0.2, -0.15) is 0 Å². The van der Waals surface area contributed by atoms with Crippen LogP contribution in [0.25, 0.3) is 5.52 Å². The molecular weight excluding hydrogens is 234 g/mol. The van der Waals surface area contributed by atoms with Crippen LogP contribution in [0, 0.1) is 0 Å². The Balaban J connectivity index is 2.03. The summed E-state index contributed by atoms with van der Waals surface area (Å²) in [6.45, 7) is 2.05. The molecule has 0 saturated heterocycles. The molecule has 2 N–H and O–H groups in total. The van der Waals surface area contributed by atoms with Crippen LogP contribution in [0.15, 0.2) is 24.4 Å². The monoisotopic (exact) mass is 257 g/mol. The molecule has 3 nitrogen and oxygen atoms in total. The molecule has 0 amide bonds. The molecule has 3 heteroatoms. The van der Waals surface area contributed by atoms with Gasteiger partial charge in [0.2, 0.25) is 0 Å².